The number of pyridine rings is 1. The van der Waals surface area contributed by atoms with E-state index < -0.39 is 10.2 Å². The molecular weight excluding hydrogens is 276 g/mol. The second-order valence-electron chi connectivity index (χ2n) is 4.63. The van der Waals surface area contributed by atoms with Crippen LogP contribution in [-0.2, 0) is 10.2 Å². The highest BCUT2D eigenvalue weighted by Crippen LogP contribution is 2.23. The van der Waals surface area contributed by atoms with Crippen molar-refractivity contribution in [2.45, 2.75) is 0 Å². The van der Waals surface area contributed by atoms with E-state index in [0.717, 1.165) is 10.9 Å². The molecule has 6 nitrogen and oxygen atoms in total. The van der Waals surface area contributed by atoms with Crippen LogP contribution < -0.4 is 10.0 Å². The van der Waals surface area contributed by atoms with Crippen molar-refractivity contribution in [3.63, 3.8) is 0 Å². The summed E-state index contributed by atoms with van der Waals surface area (Å²) in [5, 5.41) is 3.94. The van der Waals surface area contributed by atoms with E-state index in [-0.39, 0.29) is 0 Å². The molecule has 1 aliphatic heterocycles. The van der Waals surface area contributed by atoms with Gasteiger partial charge in [0.25, 0.3) is 0 Å². The molecule has 0 radical (unpaired) electrons. The van der Waals surface area contributed by atoms with Gasteiger partial charge in [0.15, 0.2) is 0 Å². The number of hydrogen-bond donors (Lipinski definition) is 2. The molecule has 1 aliphatic rings. The molecule has 0 bridgehead atoms. The molecule has 0 spiro atoms. The van der Waals surface area contributed by atoms with Crippen LogP contribution in [0.3, 0.4) is 0 Å². The lowest BCUT2D eigenvalue weighted by Gasteiger charge is -2.27. The third kappa shape index (κ3) is 2.60. The normalized spacial score (nSPS) is 17.2. The van der Waals surface area contributed by atoms with Crippen molar-refractivity contribution in [2.75, 3.05) is 30.9 Å². The number of rotatable bonds is 3. The fraction of sp³-hybridized carbons (Fsp3) is 0.308. The molecular formula is C13H16N4O2S. The number of nitrogens with one attached hydrogen (secondary N) is 2. The highest BCUT2D eigenvalue weighted by atomic mass is 32.2. The molecule has 20 heavy (non-hydrogen) atoms. The zero-order chi connectivity index (χ0) is 14.0. The lowest BCUT2D eigenvalue weighted by molar-refractivity contribution is 0.362. The maximum atomic E-state index is 12.4. The SMILES string of the molecule is O=S(=O)(Nc1cccc2ncccc12)N1CCNCC1. The summed E-state index contributed by atoms with van der Waals surface area (Å²) >= 11 is 0. The van der Waals surface area contributed by atoms with Crippen molar-refractivity contribution in [3.05, 3.63) is 36.5 Å². The quantitative estimate of drug-likeness (QED) is 0.877. The van der Waals surface area contributed by atoms with Crippen LogP contribution in [0.25, 0.3) is 10.9 Å². The molecule has 0 unspecified atom stereocenters. The van der Waals surface area contributed by atoms with Gasteiger partial charge < -0.3 is 5.32 Å². The molecule has 2 aromatic rings. The van der Waals surface area contributed by atoms with Gasteiger partial charge in [-0.25, -0.2) is 0 Å². The molecule has 7 heteroatoms. The first-order valence-corrected chi connectivity index (χ1v) is 7.93. The Hall–Kier alpha value is -1.70. The van der Waals surface area contributed by atoms with Crippen LogP contribution in [-0.4, -0.2) is 43.9 Å². The molecule has 0 aliphatic carbocycles. The lowest BCUT2D eigenvalue weighted by Crippen LogP contribution is -2.48. The minimum Gasteiger partial charge on any atom is -0.314 e. The van der Waals surface area contributed by atoms with E-state index >= 15 is 0 Å². The Kier molecular flexibility index (Phi) is 3.56. The number of fused-ring (bicyclic) bond motifs is 1. The van der Waals surface area contributed by atoms with Gasteiger partial charge in [0.1, 0.15) is 0 Å². The molecule has 1 fully saturated rings. The molecule has 1 saturated heterocycles. The summed E-state index contributed by atoms with van der Waals surface area (Å²) in [7, 11) is -3.51. The van der Waals surface area contributed by atoms with Gasteiger partial charge in [0.2, 0.25) is 0 Å². The Morgan fingerprint density at radius 2 is 1.95 bits per heavy atom. The molecule has 0 saturated carbocycles. The number of aromatic nitrogens is 1. The maximum Gasteiger partial charge on any atom is 0.301 e. The topological polar surface area (TPSA) is 74.3 Å². The summed E-state index contributed by atoms with van der Waals surface area (Å²) < 4.78 is 28.8. The summed E-state index contributed by atoms with van der Waals surface area (Å²) in [6.45, 7) is 2.33. The van der Waals surface area contributed by atoms with Crippen LogP contribution in [0.2, 0.25) is 0 Å². The first kappa shape index (κ1) is 13.3. The van der Waals surface area contributed by atoms with Crippen LogP contribution in [0.15, 0.2) is 36.5 Å². The number of anilines is 1. The van der Waals surface area contributed by atoms with Crippen LogP contribution in [0.1, 0.15) is 0 Å². The van der Waals surface area contributed by atoms with Gasteiger partial charge in [-0.2, -0.15) is 12.7 Å². The monoisotopic (exact) mass is 292 g/mol. The minimum absolute atomic E-state index is 0.484. The summed E-state index contributed by atoms with van der Waals surface area (Å²) in [6.07, 6.45) is 1.69. The van der Waals surface area contributed by atoms with Crippen molar-refractivity contribution >= 4 is 26.8 Å². The van der Waals surface area contributed by atoms with Crippen LogP contribution in [0.5, 0.6) is 0 Å². The first-order chi connectivity index (χ1) is 9.67. The van der Waals surface area contributed by atoms with E-state index in [1.54, 1.807) is 24.4 Å². The average Bonchev–Trinajstić information content (AvgIpc) is 2.48. The molecule has 1 aromatic carbocycles. The molecule has 3 rings (SSSR count). The summed E-state index contributed by atoms with van der Waals surface area (Å²) in [6, 6.07) is 9.07. The molecule has 0 atom stereocenters. The van der Waals surface area contributed by atoms with Gasteiger partial charge in [-0.15, -0.1) is 0 Å². The number of nitrogens with zero attached hydrogens (tertiary/aromatic N) is 2. The Morgan fingerprint density at radius 1 is 1.15 bits per heavy atom. The Balaban J connectivity index is 1.92. The summed E-state index contributed by atoms with van der Waals surface area (Å²) in [5.41, 5.74) is 1.34. The van der Waals surface area contributed by atoms with Gasteiger partial charge >= 0.3 is 10.2 Å². The summed E-state index contributed by atoms with van der Waals surface area (Å²) in [4.78, 5) is 4.23. The van der Waals surface area contributed by atoms with Crippen molar-refractivity contribution in [1.29, 1.82) is 0 Å². The smallest absolute Gasteiger partial charge is 0.301 e. The predicted molar refractivity (Wildman–Crippen MR) is 78.7 cm³/mol. The van der Waals surface area contributed by atoms with E-state index in [0.29, 0.717) is 31.9 Å². The molecule has 0 amide bonds. The fourth-order valence-electron chi connectivity index (χ4n) is 2.28. The van der Waals surface area contributed by atoms with Gasteiger partial charge in [-0.05, 0) is 24.3 Å². The van der Waals surface area contributed by atoms with Crippen molar-refractivity contribution < 1.29 is 8.42 Å². The van der Waals surface area contributed by atoms with E-state index in [2.05, 4.69) is 15.0 Å². The first-order valence-electron chi connectivity index (χ1n) is 6.49. The van der Waals surface area contributed by atoms with E-state index in [1.165, 1.54) is 4.31 Å². The molecule has 1 aromatic heterocycles. The highest BCUT2D eigenvalue weighted by molar-refractivity contribution is 7.90. The Labute approximate surface area is 118 Å². The van der Waals surface area contributed by atoms with Gasteiger partial charge in [0, 0.05) is 37.8 Å². The van der Waals surface area contributed by atoms with E-state index in [1.807, 2.05) is 12.1 Å². The highest BCUT2D eigenvalue weighted by Gasteiger charge is 2.24. The molecule has 2 N–H and O–H groups in total. The standard InChI is InChI=1S/C13H16N4O2S/c18-20(19,17-9-7-14-8-10-17)16-13-5-1-4-12-11(13)3-2-6-15-12/h1-6,14,16H,7-10H2. The predicted octanol–water partition coefficient (Wildman–Crippen LogP) is 0.797. The average molecular weight is 292 g/mol. The van der Waals surface area contributed by atoms with Crippen LogP contribution in [0, 0.1) is 0 Å². The Bertz CT molecular complexity index is 706. The number of benzene rings is 1. The lowest BCUT2D eigenvalue weighted by atomic mass is 10.2. The van der Waals surface area contributed by atoms with Gasteiger partial charge in [0.05, 0.1) is 11.2 Å². The van der Waals surface area contributed by atoms with Crippen molar-refractivity contribution in [1.82, 2.24) is 14.6 Å². The van der Waals surface area contributed by atoms with E-state index in [9.17, 15) is 8.42 Å². The van der Waals surface area contributed by atoms with Crippen LogP contribution >= 0.6 is 0 Å². The molecule has 2 heterocycles. The van der Waals surface area contributed by atoms with Gasteiger partial charge in [-0.1, -0.05) is 6.07 Å². The number of piperazine rings is 1. The summed E-state index contributed by atoms with van der Waals surface area (Å²) in [5.74, 6) is 0. The third-order valence-electron chi connectivity index (χ3n) is 3.30. The largest absolute Gasteiger partial charge is 0.314 e. The van der Waals surface area contributed by atoms with E-state index in [4.69, 9.17) is 0 Å². The number of hydrogen-bond acceptors (Lipinski definition) is 4. The second-order valence-corrected chi connectivity index (χ2v) is 6.30. The minimum atomic E-state index is -3.51. The fourth-order valence-corrected chi connectivity index (χ4v) is 3.53. The molecule has 106 valence electrons. The maximum absolute atomic E-state index is 12.4. The second kappa shape index (κ2) is 5.35. The van der Waals surface area contributed by atoms with Gasteiger partial charge in [-0.3, -0.25) is 9.71 Å². The van der Waals surface area contributed by atoms with Crippen molar-refractivity contribution in [2.24, 2.45) is 0 Å². The Morgan fingerprint density at radius 3 is 2.75 bits per heavy atom. The third-order valence-corrected chi connectivity index (χ3v) is 4.82. The zero-order valence-corrected chi connectivity index (χ0v) is 11.7. The zero-order valence-electron chi connectivity index (χ0n) is 10.9. The van der Waals surface area contributed by atoms with Crippen molar-refractivity contribution in [3.8, 4) is 0 Å². The van der Waals surface area contributed by atoms with Crippen LogP contribution in [0.4, 0.5) is 5.69 Å².